The lowest BCUT2D eigenvalue weighted by molar-refractivity contribution is 0.438. The molecule has 0 saturated carbocycles. The Morgan fingerprint density at radius 1 is 1.20 bits per heavy atom. The van der Waals surface area contributed by atoms with Crippen LogP contribution in [-0.4, -0.2) is 40.1 Å². The zero-order chi connectivity index (χ0) is 13.8. The van der Waals surface area contributed by atoms with Crippen LogP contribution in [0.3, 0.4) is 0 Å². The summed E-state index contributed by atoms with van der Waals surface area (Å²) in [5.74, 6) is 1.76. The second kappa shape index (κ2) is 5.68. The van der Waals surface area contributed by atoms with E-state index < -0.39 is 0 Å². The SMILES string of the molecule is CNc1nc(Oc2cccnc2)nc(N2CCCC2)n1. The molecule has 1 N–H and O–H groups in total. The van der Waals surface area contributed by atoms with Gasteiger partial charge in [-0.2, -0.15) is 15.0 Å². The fourth-order valence-electron chi connectivity index (χ4n) is 2.07. The minimum absolute atomic E-state index is 0.277. The Balaban J connectivity index is 1.87. The first kappa shape index (κ1) is 12.6. The maximum absolute atomic E-state index is 5.63. The van der Waals surface area contributed by atoms with Gasteiger partial charge >= 0.3 is 6.01 Å². The zero-order valence-electron chi connectivity index (χ0n) is 11.3. The number of pyridine rings is 1. The molecule has 3 heterocycles. The molecule has 0 unspecified atom stereocenters. The van der Waals surface area contributed by atoms with Gasteiger partial charge in [0, 0.05) is 26.3 Å². The summed E-state index contributed by atoms with van der Waals surface area (Å²) in [5.41, 5.74) is 0. The van der Waals surface area contributed by atoms with E-state index in [2.05, 4.69) is 30.2 Å². The summed E-state index contributed by atoms with van der Waals surface area (Å²) in [6.07, 6.45) is 5.64. The second-order valence-electron chi connectivity index (χ2n) is 4.48. The number of hydrogen-bond acceptors (Lipinski definition) is 7. The largest absolute Gasteiger partial charge is 0.422 e. The van der Waals surface area contributed by atoms with E-state index >= 15 is 0 Å². The number of ether oxygens (including phenoxy) is 1. The first-order valence-corrected chi connectivity index (χ1v) is 6.62. The molecule has 2 aromatic rings. The van der Waals surface area contributed by atoms with Crippen molar-refractivity contribution in [1.29, 1.82) is 0 Å². The van der Waals surface area contributed by atoms with Gasteiger partial charge < -0.3 is 15.0 Å². The van der Waals surface area contributed by atoms with E-state index in [0.717, 1.165) is 13.1 Å². The van der Waals surface area contributed by atoms with Gasteiger partial charge in [0.25, 0.3) is 0 Å². The standard InChI is InChI=1S/C13H16N6O/c1-14-11-16-12(19-7-2-3-8-19)18-13(17-11)20-10-5-4-6-15-9-10/h4-6,9H,2-3,7-8H2,1H3,(H,14,16,17,18). The molecule has 0 aromatic carbocycles. The van der Waals surface area contributed by atoms with Gasteiger partial charge in [-0.05, 0) is 25.0 Å². The molecular weight excluding hydrogens is 256 g/mol. The van der Waals surface area contributed by atoms with Crippen LogP contribution < -0.4 is 15.0 Å². The smallest absolute Gasteiger partial charge is 0.328 e. The first-order valence-electron chi connectivity index (χ1n) is 6.62. The topological polar surface area (TPSA) is 76.1 Å². The molecular formula is C13H16N6O. The van der Waals surface area contributed by atoms with Crippen molar-refractivity contribution in [3.05, 3.63) is 24.5 Å². The number of rotatable bonds is 4. The summed E-state index contributed by atoms with van der Waals surface area (Å²) in [4.78, 5) is 19.1. The van der Waals surface area contributed by atoms with Gasteiger partial charge in [-0.3, -0.25) is 4.98 Å². The number of nitrogens with zero attached hydrogens (tertiary/aromatic N) is 5. The highest BCUT2D eigenvalue weighted by atomic mass is 16.5. The van der Waals surface area contributed by atoms with Gasteiger partial charge in [0.05, 0.1) is 6.20 Å². The van der Waals surface area contributed by atoms with Crippen molar-refractivity contribution in [1.82, 2.24) is 19.9 Å². The van der Waals surface area contributed by atoms with Crippen LogP contribution in [0.25, 0.3) is 0 Å². The van der Waals surface area contributed by atoms with Crippen LogP contribution in [0.4, 0.5) is 11.9 Å². The fraction of sp³-hybridized carbons (Fsp3) is 0.385. The third-order valence-corrected chi connectivity index (χ3v) is 3.06. The monoisotopic (exact) mass is 272 g/mol. The van der Waals surface area contributed by atoms with Crippen molar-refractivity contribution in [2.24, 2.45) is 0 Å². The molecule has 20 heavy (non-hydrogen) atoms. The molecule has 0 atom stereocenters. The van der Waals surface area contributed by atoms with Crippen molar-refractivity contribution in [2.75, 3.05) is 30.4 Å². The number of aromatic nitrogens is 4. The van der Waals surface area contributed by atoms with Gasteiger partial charge in [0.2, 0.25) is 11.9 Å². The summed E-state index contributed by atoms with van der Waals surface area (Å²) in [6, 6.07) is 3.89. The van der Waals surface area contributed by atoms with Crippen LogP contribution in [0, 0.1) is 0 Å². The van der Waals surface area contributed by atoms with Crippen molar-refractivity contribution in [3.63, 3.8) is 0 Å². The quantitative estimate of drug-likeness (QED) is 0.907. The Kier molecular flexibility index (Phi) is 3.58. The van der Waals surface area contributed by atoms with E-state index in [9.17, 15) is 0 Å². The van der Waals surface area contributed by atoms with Crippen LogP contribution in [0.1, 0.15) is 12.8 Å². The van der Waals surface area contributed by atoms with Crippen LogP contribution in [0.2, 0.25) is 0 Å². The van der Waals surface area contributed by atoms with Crippen molar-refractivity contribution in [2.45, 2.75) is 12.8 Å². The molecule has 0 radical (unpaired) electrons. The van der Waals surface area contributed by atoms with Crippen LogP contribution in [-0.2, 0) is 0 Å². The molecule has 0 amide bonds. The summed E-state index contributed by atoms with van der Waals surface area (Å²) >= 11 is 0. The molecule has 1 aliphatic heterocycles. The summed E-state index contributed by atoms with van der Waals surface area (Å²) < 4.78 is 5.63. The number of nitrogens with one attached hydrogen (secondary N) is 1. The minimum Gasteiger partial charge on any atom is -0.422 e. The van der Waals surface area contributed by atoms with E-state index in [-0.39, 0.29) is 6.01 Å². The maximum Gasteiger partial charge on any atom is 0.328 e. The molecule has 1 saturated heterocycles. The molecule has 7 heteroatoms. The zero-order valence-corrected chi connectivity index (χ0v) is 11.3. The molecule has 104 valence electrons. The Morgan fingerprint density at radius 2 is 2.05 bits per heavy atom. The Labute approximate surface area is 117 Å². The maximum atomic E-state index is 5.63. The van der Waals surface area contributed by atoms with E-state index in [4.69, 9.17) is 4.74 Å². The average Bonchev–Trinajstić information content (AvgIpc) is 3.02. The number of anilines is 2. The Morgan fingerprint density at radius 3 is 2.75 bits per heavy atom. The van der Waals surface area contributed by atoms with Gasteiger partial charge in [-0.25, -0.2) is 0 Å². The van der Waals surface area contributed by atoms with Crippen molar-refractivity contribution < 1.29 is 4.74 Å². The van der Waals surface area contributed by atoms with E-state index in [0.29, 0.717) is 17.6 Å². The third-order valence-electron chi connectivity index (χ3n) is 3.06. The van der Waals surface area contributed by atoms with Crippen molar-refractivity contribution >= 4 is 11.9 Å². The highest BCUT2D eigenvalue weighted by Crippen LogP contribution is 2.22. The summed E-state index contributed by atoms with van der Waals surface area (Å²) in [5, 5.41) is 2.93. The lowest BCUT2D eigenvalue weighted by Crippen LogP contribution is -2.21. The predicted octanol–water partition coefficient (Wildman–Crippen LogP) is 1.70. The Bertz CT molecular complexity index is 570. The van der Waals surface area contributed by atoms with E-state index in [1.807, 2.05) is 6.07 Å². The van der Waals surface area contributed by atoms with Gasteiger partial charge in [-0.1, -0.05) is 0 Å². The van der Waals surface area contributed by atoms with Crippen LogP contribution in [0.5, 0.6) is 11.8 Å². The molecule has 7 nitrogen and oxygen atoms in total. The van der Waals surface area contributed by atoms with Crippen LogP contribution in [0.15, 0.2) is 24.5 Å². The number of hydrogen-bond donors (Lipinski definition) is 1. The van der Waals surface area contributed by atoms with E-state index in [1.165, 1.54) is 12.8 Å². The molecule has 0 bridgehead atoms. The lowest BCUT2D eigenvalue weighted by Gasteiger charge is -2.16. The summed E-state index contributed by atoms with van der Waals surface area (Å²) in [6.45, 7) is 1.94. The molecule has 2 aromatic heterocycles. The van der Waals surface area contributed by atoms with Crippen molar-refractivity contribution in [3.8, 4) is 11.8 Å². The van der Waals surface area contributed by atoms with Crippen LogP contribution >= 0.6 is 0 Å². The highest BCUT2D eigenvalue weighted by molar-refractivity contribution is 5.39. The Hall–Kier alpha value is -2.44. The summed E-state index contributed by atoms with van der Waals surface area (Å²) in [7, 11) is 1.77. The minimum atomic E-state index is 0.277. The van der Waals surface area contributed by atoms with Gasteiger partial charge in [0.15, 0.2) is 0 Å². The molecule has 1 aliphatic rings. The molecule has 0 spiro atoms. The predicted molar refractivity (Wildman–Crippen MR) is 75.1 cm³/mol. The van der Waals surface area contributed by atoms with E-state index in [1.54, 1.807) is 25.5 Å². The molecule has 1 fully saturated rings. The fourth-order valence-corrected chi connectivity index (χ4v) is 2.07. The van der Waals surface area contributed by atoms with Gasteiger partial charge in [0.1, 0.15) is 5.75 Å². The molecule has 3 rings (SSSR count). The lowest BCUT2D eigenvalue weighted by atomic mass is 10.4. The average molecular weight is 272 g/mol. The molecule has 0 aliphatic carbocycles. The first-order chi connectivity index (χ1) is 9.85. The highest BCUT2D eigenvalue weighted by Gasteiger charge is 2.17. The third kappa shape index (κ3) is 2.76. The second-order valence-corrected chi connectivity index (χ2v) is 4.48. The normalized spacial score (nSPS) is 14.3. The van der Waals surface area contributed by atoms with Gasteiger partial charge in [-0.15, -0.1) is 0 Å².